The van der Waals surface area contributed by atoms with Gasteiger partial charge in [-0.1, -0.05) is 0 Å². The third-order valence-electron chi connectivity index (χ3n) is 7.50. The number of halogens is 3. The number of nitrogens with zero attached hydrogens (tertiary/aromatic N) is 8. The van der Waals surface area contributed by atoms with E-state index < -0.39 is 17.3 Å². The van der Waals surface area contributed by atoms with Gasteiger partial charge < -0.3 is 20.9 Å². The quantitative estimate of drug-likeness (QED) is 0.202. The van der Waals surface area contributed by atoms with Crippen LogP contribution in [0.1, 0.15) is 11.3 Å². The van der Waals surface area contributed by atoms with Gasteiger partial charge in [0, 0.05) is 79.3 Å². The highest BCUT2D eigenvalue weighted by Gasteiger charge is 2.35. The van der Waals surface area contributed by atoms with Gasteiger partial charge in [-0.3, -0.25) is 24.3 Å². The number of anilines is 5. The molecule has 0 atom stereocenters. The average Bonchev–Trinajstić information content (AvgIpc) is 3.63. The molecule has 0 unspecified atom stereocenters. The highest BCUT2D eigenvalue weighted by molar-refractivity contribution is 7.13. The van der Waals surface area contributed by atoms with Gasteiger partial charge in [0.05, 0.1) is 29.7 Å². The molecule has 0 aliphatic carbocycles. The molecule has 6 heterocycles. The Morgan fingerprint density at radius 3 is 2.53 bits per heavy atom. The van der Waals surface area contributed by atoms with Crippen LogP contribution in [0, 0.1) is 0 Å². The van der Waals surface area contributed by atoms with Gasteiger partial charge in [-0.2, -0.15) is 18.2 Å². The van der Waals surface area contributed by atoms with E-state index in [1.807, 2.05) is 5.38 Å². The minimum absolute atomic E-state index is 0.0148. The molecule has 1 aromatic carbocycles. The number of fused-ring (bicyclic) bond motifs is 1. The molecule has 6 aromatic rings. The second-order valence-electron chi connectivity index (χ2n) is 10.6. The molecule has 16 heteroatoms. The molecule has 12 nitrogen and oxygen atoms in total. The zero-order valence-electron chi connectivity index (χ0n) is 24.6. The monoisotopic (exact) mass is 657 g/mol. The topological polar surface area (TPSA) is 139 Å². The third-order valence-corrected chi connectivity index (χ3v) is 8.28. The molecule has 1 aliphatic heterocycles. The number of thiazole rings is 1. The van der Waals surface area contributed by atoms with Crippen LogP contribution in [0.3, 0.4) is 0 Å². The summed E-state index contributed by atoms with van der Waals surface area (Å²) in [6.07, 6.45) is 4.87. The van der Waals surface area contributed by atoms with E-state index in [2.05, 4.69) is 45.9 Å². The minimum atomic E-state index is -4.58. The van der Waals surface area contributed by atoms with Gasteiger partial charge in [-0.15, -0.1) is 11.3 Å². The predicted molar refractivity (Wildman–Crippen MR) is 173 cm³/mol. The van der Waals surface area contributed by atoms with Crippen molar-refractivity contribution in [2.75, 3.05) is 41.7 Å². The zero-order chi connectivity index (χ0) is 32.4. The molecule has 0 radical (unpaired) electrons. The number of piperazine rings is 1. The van der Waals surface area contributed by atoms with E-state index in [1.54, 1.807) is 54.0 Å². The SMILES string of the molecule is O=c1c(Nc2cccnc2)cc2cnc(Nc3ccc(N4CCNCC4)c(C(F)(F)F)c3)nc2n1Cc1nccnc1-c1nccs1. The van der Waals surface area contributed by atoms with Crippen LogP contribution in [-0.2, 0) is 12.7 Å². The van der Waals surface area contributed by atoms with Crippen molar-refractivity contribution in [1.29, 1.82) is 0 Å². The largest absolute Gasteiger partial charge is 0.418 e. The molecule has 0 bridgehead atoms. The molecule has 3 N–H and O–H groups in total. The van der Waals surface area contributed by atoms with Crippen LogP contribution in [0.2, 0.25) is 0 Å². The van der Waals surface area contributed by atoms with Crippen molar-refractivity contribution in [2.24, 2.45) is 0 Å². The van der Waals surface area contributed by atoms with Crippen molar-refractivity contribution < 1.29 is 13.2 Å². The van der Waals surface area contributed by atoms with Crippen molar-refractivity contribution in [3.63, 3.8) is 0 Å². The third kappa shape index (κ3) is 6.45. The van der Waals surface area contributed by atoms with Gasteiger partial charge in [0.15, 0.2) is 0 Å². The van der Waals surface area contributed by atoms with Crippen LogP contribution in [0.5, 0.6) is 0 Å². The van der Waals surface area contributed by atoms with Crippen LogP contribution in [0.4, 0.5) is 41.9 Å². The van der Waals surface area contributed by atoms with Crippen molar-refractivity contribution in [3.8, 4) is 10.7 Å². The standard InChI is InChI=1S/C31H26F3N11OS/c32-31(33,34)22-15-20(3-4-25(22)44-11-8-35-9-12-44)42-30-40-16-19-14-23(41-21-2-1-5-36-17-21)29(46)45(27(19)43-30)18-24-26(38-7-6-37-24)28-39-10-13-47-28/h1-7,10,13-17,35,41H,8-9,11-12,18H2,(H,40,42,43). The van der Waals surface area contributed by atoms with Crippen molar-refractivity contribution in [2.45, 2.75) is 12.7 Å². The maximum absolute atomic E-state index is 14.2. The van der Waals surface area contributed by atoms with Gasteiger partial charge in [0.2, 0.25) is 5.95 Å². The lowest BCUT2D eigenvalue weighted by molar-refractivity contribution is -0.137. The Hall–Kier alpha value is -5.48. The smallest absolute Gasteiger partial charge is 0.368 e. The van der Waals surface area contributed by atoms with E-state index in [9.17, 15) is 18.0 Å². The lowest BCUT2D eigenvalue weighted by Gasteiger charge is -2.31. The first kappa shape index (κ1) is 30.2. The van der Waals surface area contributed by atoms with Crippen molar-refractivity contribution >= 4 is 51.1 Å². The minimum Gasteiger partial charge on any atom is -0.368 e. The van der Waals surface area contributed by atoms with E-state index in [0.717, 1.165) is 6.07 Å². The van der Waals surface area contributed by atoms with Crippen LogP contribution in [-0.4, -0.2) is 60.6 Å². The molecular formula is C31H26F3N11OS. The molecule has 1 aliphatic rings. The number of hydrogen-bond donors (Lipinski definition) is 3. The summed E-state index contributed by atoms with van der Waals surface area (Å²) in [4.78, 5) is 42.1. The maximum Gasteiger partial charge on any atom is 0.418 e. The van der Waals surface area contributed by atoms with Gasteiger partial charge in [0.25, 0.3) is 5.56 Å². The Morgan fingerprint density at radius 1 is 0.915 bits per heavy atom. The number of alkyl halides is 3. The zero-order valence-corrected chi connectivity index (χ0v) is 25.4. The molecule has 238 valence electrons. The Balaban J connectivity index is 1.30. The first-order valence-electron chi connectivity index (χ1n) is 14.5. The van der Waals surface area contributed by atoms with Crippen LogP contribution in [0.15, 0.2) is 83.8 Å². The second-order valence-corrected chi connectivity index (χ2v) is 11.5. The fourth-order valence-corrected chi connectivity index (χ4v) is 6.00. The van der Waals surface area contributed by atoms with Gasteiger partial charge in [-0.05, 0) is 36.4 Å². The first-order chi connectivity index (χ1) is 22.8. The highest BCUT2D eigenvalue weighted by atomic mass is 32.1. The molecule has 0 amide bonds. The normalized spacial score (nSPS) is 13.6. The van der Waals surface area contributed by atoms with Crippen molar-refractivity contribution in [3.05, 3.63) is 101 Å². The van der Waals surface area contributed by atoms with E-state index in [4.69, 9.17) is 0 Å². The number of hydrogen-bond acceptors (Lipinski definition) is 12. The van der Waals surface area contributed by atoms with Crippen LogP contribution >= 0.6 is 11.3 Å². The summed E-state index contributed by atoms with van der Waals surface area (Å²) in [5.41, 5.74) is 1.18. The van der Waals surface area contributed by atoms with Crippen LogP contribution in [0.25, 0.3) is 21.7 Å². The molecule has 7 rings (SSSR count). The summed E-state index contributed by atoms with van der Waals surface area (Å²) < 4.78 is 44.0. The van der Waals surface area contributed by atoms with E-state index in [1.165, 1.54) is 34.4 Å². The lowest BCUT2D eigenvalue weighted by atomic mass is 10.1. The number of rotatable bonds is 8. The predicted octanol–water partition coefficient (Wildman–Crippen LogP) is 5.06. The molecule has 1 saturated heterocycles. The fraction of sp³-hybridized carbons (Fsp3) is 0.194. The molecule has 0 spiro atoms. The summed E-state index contributed by atoms with van der Waals surface area (Å²) >= 11 is 1.39. The number of benzene rings is 1. The summed E-state index contributed by atoms with van der Waals surface area (Å²) in [5.74, 6) is 0.0148. The Kier molecular flexibility index (Phi) is 8.17. The Bertz CT molecular complexity index is 2080. The molecule has 5 aromatic heterocycles. The Morgan fingerprint density at radius 2 is 1.77 bits per heavy atom. The summed E-state index contributed by atoms with van der Waals surface area (Å²) in [5, 5.41) is 12.1. The van der Waals surface area contributed by atoms with Crippen LogP contribution < -0.4 is 26.4 Å². The average molecular weight is 658 g/mol. The lowest BCUT2D eigenvalue weighted by Crippen LogP contribution is -2.44. The summed E-state index contributed by atoms with van der Waals surface area (Å²) in [6.45, 7) is 2.12. The van der Waals surface area contributed by atoms with Gasteiger partial charge >= 0.3 is 6.18 Å². The second kappa shape index (κ2) is 12.7. The molecule has 47 heavy (non-hydrogen) atoms. The first-order valence-corrected chi connectivity index (χ1v) is 15.4. The van der Waals surface area contributed by atoms with Crippen molar-refractivity contribution in [1.82, 2.24) is 39.8 Å². The molecular weight excluding hydrogens is 631 g/mol. The number of pyridine rings is 2. The molecule has 0 saturated carbocycles. The Labute approximate surface area is 269 Å². The highest BCUT2D eigenvalue weighted by Crippen LogP contribution is 2.39. The number of aromatic nitrogens is 7. The van der Waals surface area contributed by atoms with E-state index in [0.29, 0.717) is 53.6 Å². The number of nitrogens with one attached hydrogen (secondary N) is 3. The van der Waals surface area contributed by atoms with Gasteiger partial charge in [-0.25, -0.2) is 9.97 Å². The maximum atomic E-state index is 14.2. The molecule has 1 fully saturated rings. The summed E-state index contributed by atoms with van der Waals surface area (Å²) in [7, 11) is 0. The van der Waals surface area contributed by atoms with E-state index >= 15 is 0 Å². The van der Waals surface area contributed by atoms with Gasteiger partial charge in [0.1, 0.15) is 22.0 Å². The fourth-order valence-electron chi connectivity index (χ4n) is 5.35. The summed E-state index contributed by atoms with van der Waals surface area (Å²) in [6, 6.07) is 9.21. The van der Waals surface area contributed by atoms with E-state index in [-0.39, 0.29) is 35.2 Å².